The third kappa shape index (κ3) is 4.77. The second-order valence-corrected chi connectivity index (χ2v) is 8.96. The Balaban J connectivity index is 1.37. The van der Waals surface area contributed by atoms with E-state index in [2.05, 4.69) is 10.6 Å². The highest BCUT2D eigenvalue weighted by molar-refractivity contribution is 7.98. The lowest BCUT2D eigenvalue weighted by atomic mass is 10.1. The van der Waals surface area contributed by atoms with Crippen LogP contribution in [0.5, 0.6) is 5.75 Å². The number of nitrogens with one attached hydrogen (secondary N) is 2. The maximum Gasteiger partial charge on any atom is 0.324 e. The van der Waals surface area contributed by atoms with Gasteiger partial charge in [0.05, 0.1) is 5.56 Å². The second kappa shape index (κ2) is 9.23. The first-order chi connectivity index (χ1) is 14.6. The lowest BCUT2D eigenvalue weighted by Crippen LogP contribution is -2.22. The number of thioether (sulfide) groups is 1. The van der Waals surface area contributed by atoms with Gasteiger partial charge in [0.1, 0.15) is 17.4 Å². The molecular weight excluding hydrogens is 418 g/mol. The van der Waals surface area contributed by atoms with Gasteiger partial charge in [0.2, 0.25) is 0 Å². The minimum atomic E-state index is -0.505. The molecule has 0 atom stereocenters. The molecule has 154 valence electrons. The average Bonchev–Trinajstić information content (AvgIpc) is 3.12. The van der Waals surface area contributed by atoms with Crippen LogP contribution in [0.15, 0.2) is 54.6 Å². The van der Waals surface area contributed by atoms with Crippen molar-refractivity contribution in [3.63, 3.8) is 0 Å². The summed E-state index contributed by atoms with van der Waals surface area (Å²) in [7, 11) is 0. The number of amides is 3. The number of thiophene rings is 1. The predicted octanol–water partition coefficient (Wildman–Crippen LogP) is 4.86. The van der Waals surface area contributed by atoms with Crippen molar-refractivity contribution < 1.29 is 14.3 Å². The maximum atomic E-state index is 12.5. The monoisotopic (exact) mass is 439 g/mol. The molecule has 1 aliphatic heterocycles. The van der Waals surface area contributed by atoms with Gasteiger partial charge in [-0.15, -0.1) is 11.3 Å². The molecule has 8 heteroatoms. The zero-order valence-corrected chi connectivity index (χ0v) is 17.8. The van der Waals surface area contributed by atoms with Gasteiger partial charge in [-0.25, -0.2) is 4.79 Å². The van der Waals surface area contributed by atoms with Crippen molar-refractivity contribution in [1.29, 1.82) is 0 Å². The fourth-order valence-electron chi connectivity index (χ4n) is 3.22. The number of anilines is 2. The smallest absolute Gasteiger partial charge is 0.324 e. The van der Waals surface area contributed by atoms with E-state index in [1.807, 2.05) is 42.1 Å². The van der Waals surface area contributed by atoms with Crippen LogP contribution in [0.1, 0.15) is 26.4 Å². The van der Waals surface area contributed by atoms with Gasteiger partial charge < -0.3 is 15.8 Å². The normalized spacial score (nSPS) is 12.7. The van der Waals surface area contributed by atoms with Gasteiger partial charge in [-0.1, -0.05) is 30.3 Å². The highest BCUT2D eigenvalue weighted by atomic mass is 32.2. The zero-order chi connectivity index (χ0) is 20.9. The minimum Gasteiger partial charge on any atom is -0.489 e. The highest BCUT2D eigenvalue weighted by Gasteiger charge is 2.25. The summed E-state index contributed by atoms with van der Waals surface area (Å²) in [6, 6.07) is 16.6. The molecule has 2 heterocycles. The van der Waals surface area contributed by atoms with Crippen molar-refractivity contribution in [3.8, 4) is 5.75 Å². The van der Waals surface area contributed by atoms with Crippen molar-refractivity contribution in [2.24, 2.45) is 5.73 Å². The van der Waals surface area contributed by atoms with Crippen molar-refractivity contribution in [3.05, 3.63) is 76.2 Å². The molecule has 4 N–H and O–H groups in total. The molecule has 0 aliphatic carbocycles. The molecule has 0 fully saturated rings. The predicted molar refractivity (Wildman–Crippen MR) is 123 cm³/mol. The van der Waals surface area contributed by atoms with Crippen molar-refractivity contribution >= 4 is 45.7 Å². The molecule has 0 saturated heterocycles. The Morgan fingerprint density at radius 3 is 2.53 bits per heavy atom. The first-order valence-electron chi connectivity index (χ1n) is 9.47. The van der Waals surface area contributed by atoms with E-state index < -0.39 is 11.9 Å². The van der Waals surface area contributed by atoms with E-state index in [0.29, 0.717) is 28.6 Å². The third-order valence-electron chi connectivity index (χ3n) is 4.65. The second-order valence-electron chi connectivity index (χ2n) is 6.75. The number of hydrogen-bond acceptors (Lipinski definition) is 5. The van der Waals surface area contributed by atoms with Crippen LogP contribution < -0.4 is 21.1 Å². The van der Waals surface area contributed by atoms with E-state index in [1.54, 1.807) is 24.3 Å². The first-order valence-corrected chi connectivity index (χ1v) is 11.4. The molecule has 6 nitrogen and oxygen atoms in total. The zero-order valence-electron chi connectivity index (χ0n) is 16.1. The van der Waals surface area contributed by atoms with Crippen LogP contribution in [0.3, 0.4) is 0 Å². The van der Waals surface area contributed by atoms with Crippen molar-refractivity contribution in [1.82, 2.24) is 0 Å². The van der Waals surface area contributed by atoms with Crippen molar-refractivity contribution in [2.75, 3.05) is 16.4 Å². The van der Waals surface area contributed by atoms with Crippen LogP contribution in [-0.4, -0.2) is 17.7 Å². The molecule has 4 rings (SSSR count). The molecule has 30 heavy (non-hydrogen) atoms. The highest BCUT2D eigenvalue weighted by Crippen LogP contribution is 2.39. The molecule has 0 spiro atoms. The number of primary amides is 1. The fraction of sp³-hybridized carbons (Fsp3) is 0.182. The molecule has 0 saturated carbocycles. The van der Waals surface area contributed by atoms with E-state index >= 15 is 0 Å². The number of carbonyl (C=O) groups is 2. The van der Waals surface area contributed by atoms with E-state index in [0.717, 1.165) is 33.9 Å². The minimum absolute atomic E-state index is 0.415. The van der Waals surface area contributed by atoms with E-state index in [1.165, 1.54) is 11.3 Å². The molecule has 3 aromatic rings. The summed E-state index contributed by atoms with van der Waals surface area (Å²) in [6.07, 6.45) is 0.794. The Labute approximate surface area is 182 Å². The largest absolute Gasteiger partial charge is 0.489 e. The van der Waals surface area contributed by atoms with Crippen LogP contribution in [0.2, 0.25) is 0 Å². The topological polar surface area (TPSA) is 93.5 Å². The molecule has 1 aromatic heterocycles. The molecule has 1 aliphatic rings. The summed E-state index contributed by atoms with van der Waals surface area (Å²) in [4.78, 5) is 25.5. The van der Waals surface area contributed by atoms with Crippen LogP contribution in [-0.2, 0) is 18.8 Å². The van der Waals surface area contributed by atoms with Gasteiger partial charge in [0, 0.05) is 16.3 Å². The Bertz CT molecular complexity index is 1050. The fourth-order valence-corrected chi connectivity index (χ4v) is 5.60. The van der Waals surface area contributed by atoms with E-state index in [9.17, 15) is 9.59 Å². The Morgan fingerprint density at radius 1 is 1.03 bits per heavy atom. The summed E-state index contributed by atoms with van der Waals surface area (Å²) < 4.78 is 5.76. The third-order valence-corrected chi connectivity index (χ3v) is 6.97. The Morgan fingerprint density at radius 2 is 1.80 bits per heavy atom. The molecule has 0 bridgehead atoms. The lowest BCUT2D eigenvalue weighted by Gasteiger charge is -2.11. The Kier molecular flexibility index (Phi) is 6.25. The summed E-state index contributed by atoms with van der Waals surface area (Å²) in [5.41, 5.74) is 8.69. The van der Waals surface area contributed by atoms with Gasteiger partial charge in [0.25, 0.3) is 5.91 Å². The summed E-state index contributed by atoms with van der Waals surface area (Å²) in [6.45, 7) is 0.478. The van der Waals surface area contributed by atoms with Gasteiger partial charge in [0.15, 0.2) is 0 Å². The molecule has 2 aromatic carbocycles. The van der Waals surface area contributed by atoms with Gasteiger partial charge in [-0.05, 0) is 47.6 Å². The number of fused-ring (bicyclic) bond motifs is 1. The molecule has 0 radical (unpaired) electrons. The number of hydrogen-bond donors (Lipinski definition) is 3. The quantitative estimate of drug-likeness (QED) is 0.511. The number of rotatable bonds is 6. The molecular formula is C22H21N3O3S2. The number of urea groups is 1. The van der Waals surface area contributed by atoms with Gasteiger partial charge in [-0.3, -0.25) is 10.1 Å². The van der Waals surface area contributed by atoms with Crippen molar-refractivity contribution in [2.45, 2.75) is 18.8 Å². The standard InChI is InChI=1S/C22H21N3O3S2/c23-20(26)19-17-10-11-29-13-18(17)30-21(19)25-22(27)24-15-6-8-16(9-7-15)28-12-14-4-2-1-3-5-14/h1-9H,10-13H2,(H2,23,26)(H2,24,25,27). The molecule has 3 amide bonds. The Hall–Kier alpha value is -2.97. The number of benzene rings is 2. The number of nitrogens with two attached hydrogens (primary N) is 1. The lowest BCUT2D eigenvalue weighted by molar-refractivity contribution is 0.100. The van der Waals surface area contributed by atoms with Gasteiger partial charge >= 0.3 is 6.03 Å². The average molecular weight is 440 g/mol. The number of carbonyl (C=O) groups excluding carboxylic acids is 2. The van der Waals surface area contributed by atoms with Crippen LogP contribution in [0.25, 0.3) is 0 Å². The first kappa shape index (κ1) is 20.3. The van der Waals surface area contributed by atoms with Crippen LogP contribution in [0, 0.1) is 0 Å². The molecule has 0 unspecified atom stereocenters. The van der Waals surface area contributed by atoms with Crippen LogP contribution in [0.4, 0.5) is 15.5 Å². The summed E-state index contributed by atoms with van der Waals surface area (Å²) >= 11 is 3.24. The summed E-state index contributed by atoms with van der Waals surface area (Å²) in [5, 5.41) is 6.08. The van der Waals surface area contributed by atoms with E-state index in [4.69, 9.17) is 10.5 Å². The summed E-state index contributed by atoms with van der Waals surface area (Å²) in [5.74, 6) is 2.00. The van der Waals surface area contributed by atoms with Crippen LogP contribution >= 0.6 is 23.1 Å². The number of ether oxygens (including phenoxy) is 1. The SMILES string of the molecule is NC(=O)c1c(NC(=O)Nc2ccc(OCc3ccccc3)cc2)sc2c1CCSC2. The van der Waals surface area contributed by atoms with E-state index in [-0.39, 0.29) is 0 Å². The van der Waals surface area contributed by atoms with Gasteiger partial charge in [-0.2, -0.15) is 11.8 Å². The maximum absolute atomic E-state index is 12.5.